The van der Waals surface area contributed by atoms with Gasteiger partial charge in [0.05, 0.1) is 10.6 Å². The van der Waals surface area contributed by atoms with Gasteiger partial charge in [0.15, 0.2) is 5.13 Å². The molecule has 1 aromatic heterocycles. The molecule has 4 rings (SSSR count). The molecule has 2 heterocycles. The van der Waals surface area contributed by atoms with Gasteiger partial charge in [-0.15, -0.1) is 11.3 Å². The summed E-state index contributed by atoms with van der Waals surface area (Å²) in [7, 11) is -3.69. The molecule has 1 saturated heterocycles. The van der Waals surface area contributed by atoms with Crippen molar-refractivity contribution in [1.82, 2.24) is 9.88 Å². The van der Waals surface area contributed by atoms with Crippen LogP contribution in [0.15, 0.2) is 58.8 Å². The Bertz CT molecular complexity index is 1220. The van der Waals surface area contributed by atoms with Crippen molar-refractivity contribution in [3.8, 4) is 0 Å². The van der Waals surface area contributed by atoms with E-state index in [1.165, 1.54) is 11.3 Å². The van der Waals surface area contributed by atoms with Gasteiger partial charge in [-0.05, 0) is 43.7 Å². The summed E-state index contributed by atoms with van der Waals surface area (Å²) in [6.07, 6.45) is 0.807. The molecule has 1 amide bonds. The molecule has 3 aromatic rings. The fourth-order valence-corrected chi connectivity index (χ4v) is 5.82. The Morgan fingerprint density at radius 3 is 2.55 bits per heavy atom. The maximum Gasteiger partial charge on any atom is 0.263 e. The molecule has 10 heteroatoms. The molecule has 0 saturated carbocycles. The molecule has 1 fully saturated rings. The number of sulfonamides is 1. The van der Waals surface area contributed by atoms with Gasteiger partial charge in [-0.25, -0.2) is 13.4 Å². The first kappa shape index (κ1) is 23.5. The first-order chi connectivity index (χ1) is 15.8. The van der Waals surface area contributed by atoms with Gasteiger partial charge in [0.1, 0.15) is 0 Å². The zero-order valence-corrected chi connectivity index (χ0v) is 20.6. The van der Waals surface area contributed by atoms with Crippen molar-refractivity contribution in [1.29, 1.82) is 0 Å². The number of carbonyl (C=O) groups excluding carboxylic acids is 1. The second-order valence-corrected chi connectivity index (χ2v) is 10.9. The molecular formula is C23H25ClN4O3S2. The highest BCUT2D eigenvalue weighted by Crippen LogP contribution is 2.23. The van der Waals surface area contributed by atoms with E-state index in [9.17, 15) is 13.2 Å². The number of hydrogen-bond acceptors (Lipinski definition) is 6. The predicted octanol–water partition coefficient (Wildman–Crippen LogP) is 4.19. The van der Waals surface area contributed by atoms with Crippen molar-refractivity contribution in [2.45, 2.75) is 24.7 Å². The van der Waals surface area contributed by atoms with E-state index in [-0.39, 0.29) is 10.8 Å². The highest BCUT2D eigenvalue weighted by Gasteiger charge is 2.22. The third-order valence-corrected chi connectivity index (χ3v) is 8.03. The van der Waals surface area contributed by atoms with Crippen LogP contribution in [0.5, 0.6) is 0 Å². The van der Waals surface area contributed by atoms with Gasteiger partial charge in [0.25, 0.3) is 10.0 Å². The van der Waals surface area contributed by atoms with Crippen molar-refractivity contribution in [2.75, 3.05) is 35.8 Å². The largest absolute Gasteiger partial charge is 0.368 e. The average Bonchev–Trinajstić information content (AvgIpc) is 3.24. The molecule has 2 aromatic carbocycles. The first-order valence-electron chi connectivity index (χ1n) is 10.6. The van der Waals surface area contributed by atoms with Crippen molar-refractivity contribution >= 4 is 49.7 Å². The van der Waals surface area contributed by atoms with E-state index in [2.05, 4.69) is 14.6 Å². The second-order valence-electron chi connectivity index (χ2n) is 7.91. The number of carbonyl (C=O) groups is 1. The summed E-state index contributed by atoms with van der Waals surface area (Å²) in [6, 6.07) is 14.4. The van der Waals surface area contributed by atoms with E-state index < -0.39 is 10.0 Å². The molecule has 1 N–H and O–H groups in total. The highest BCUT2D eigenvalue weighted by molar-refractivity contribution is 7.93. The van der Waals surface area contributed by atoms with Crippen LogP contribution >= 0.6 is 22.9 Å². The predicted molar refractivity (Wildman–Crippen MR) is 133 cm³/mol. The number of piperazine rings is 1. The van der Waals surface area contributed by atoms with Crippen molar-refractivity contribution in [3.63, 3.8) is 0 Å². The van der Waals surface area contributed by atoms with E-state index >= 15 is 0 Å². The summed E-state index contributed by atoms with van der Waals surface area (Å²) < 4.78 is 27.6. The standard InChI is InChI=1S/C23H25ClN4O3S2/c1-17-5-8-21(9-6-17)33(30,31)26-23-25-19(16-32-23)7-10-22(29)28-13-11-27(12-14-28)20-4-2-3-18(24)15-20/h2-6,8-9,15-16H,7,10-14H2,1H3,(H,25,26). The van der Waals surface area contributed by atoms with Crippen LogP contribution in [0.3, 0.4) is 0 Å². The normalized spacial score (nSPS) is 14.4. The third kappa shape index (κ3) is 6.04. The van der Waals surface area contributed by atoms with Gasteiger partial charge >= 0.3 is 0 Å². The number of nitrogens with one attached hydrogen (secondary N) is 1. The SMILES string of the molecule is Cc1ccc(S(=O)(=O)Nc2nc(CCC(=O)N3CCN(c4cccc(Cl)c4)CC3)cs2)cc1. The summed E-state index contributed by atoms with van der Waals surface area (Å²) in [6.45, 7) is 4.73. The molecule has 174 valence electrons. The zero-order chi connectivity index (χ0) is 23.4. The van der Waals surface area contributed by atoms with E-state index in [1.54, 1.807) is 29.6 Å². The fourth-order valence-electron chi connectivity index (χ4n) is 3.64. The number of thiazole rings is 1. The number of amides is 1. The lowest BCUT2D eigenvalue weighted by molar-refractivity contribution is -0.131. The van der Waals surface area contributed by atoms with E-state index in [0.717, 1.165) is 24.3 Å². The third-order valence-electron chi connectivity index (χ3n) is 5.51. The smallest absolute Gasteiger partial charge is 0.263 e. The maximum absolute atomic E-state index is 12.7. The van der Waals surface area contributed by atoms with E-state index in [0.29, 0.717) is 41.8 Å². The topological polar surface area (TPSA) is 82.6 Å². The number of aromatic nitrogens is 1. The molecule has 1 aliphatic rings. The molecule has 33 heavy (non-hydrogen) atoms. The molecule has 0 spiro atoms. The molecule has 0 bridgehead atoms. The monoisotopic (exact) mass is 504 g/mol. The molecular weight excluding hydrogens is 480 g/mol. The first-order valence-corrected chi connectivity index (χ1v) is 13.4. The lowest BCUT2D eigenvalue weighted by Gasteiger charge is -2.36. The summed E-state index contributed by atoms with van der Waals surface area (Å²) in [5.41, 5.74) is 2.76. The minimum atomic E-state index is -3.69. The van der Waals surface area contributed by atoms with Crippen molar-refractivity contribution in [2.24, 2.45) is 0 Å². The van der Waals surface area contributed by atoms with Crippen molar-refractivity contribution < 1.29 is 13.2 Å². The lowest BCUT2D eigenvalue weighted by atomic mass is 10.2. The fraction of sp³-hybridized carbons (Fsp3) is 0.304. The Labute approximate surface area is 203 Å². The Kier molecular flexibility index (Phi) is 7.21. The number of halogens is 1. The lowest BCUT2D eigenvalue weighted by Crippen LogP contribution is -2.48. The quantitative estimate of drug-likeness (QED) is 0.521. The van der Waals surface area contributed by atoms with Gasteiger partial charge in [0, 0.05) is 48.7 Å². The van der Waals surface area contributed by atoms with Crippen molar-refractivity contribution in [3.05, 3.63) is 70.2 Å². The minimum Gasteiger partial charge on any atom is -0.368 e. The van der Waals surface area contributed by atoms with E-state index in [1.807, 2.05) is 36.1 Å². The zero-order valence-electron chi connectivity index (χ0n) is 18.2. The maximum atomic E-state index is 12.7. The average molecular weight is 505 g/mol. The summed E-state index contributed by atoms with van der Waals surface area (Å²) in [4.78, 5) is 21.3. The minimum absolute atomic E-state index is 0.0792. The second kappa shape index (κ2) is 10.1. The van der Waals surface area contributed by atoms with Crippen LogP contribution in [0.2, 0.25) is 5.02 Å². The summed E-state index contributed by atoms with van der Waals surface area (Å²) >= 11 is 7.30. The molecule has 0 unspecified atom stereocenters. The van der Waals surface area contributed by atoms with Gasteiger partial charge < -0.3 is 9.80 Å². The van der Waals surface area contributed by atoms with Gasteiger partial charge in [-0.2, -0.15) is 0 Å². The van der Waals surface area contributed by atoms with Crippen LogP contribution in [0.25, 0.3) is 0 Å². The summed E-state index contributed by atoms with van der Waals surface area (Å²) in [5, 5.41) is 2.79. The molecule has 7 nitrogen and oxygen atoms in total. The summed E-state index contributed by atoms with van der Waals surface area (Å²) in [5.74, 6) is 0.0792. The molecule has 0 radical (unpaired) electrons. The Hall–Kier alpha value is -2.62. The van der Waals surface area contributed by atoms with Crippen LogP contribution in [0.1, 0.15) is 17.7 Å². The number of rotatable bonds is 7. The van der Waals surface area contributed by atoms with Crippen LogP contribution < -0.4 is 9.62 Å². The Morgan fingerprint density at radius 1 is 1.12 bits per heavy atom. The molecule has 0 atom stereocenters. The Morgan fingerprint density at radius 2 is 1.85 bits per heavy atom. The highest BCUT2D eigenvalue weighted by atomic mass is 35.5. The number of hydrogen-bond donors (Lipinski definition) is 1. The molecule has 0 aliphatic carbocycles. The van der Waals surface area contributed by atoms with Crippen LogP contribution in [-0.2, 0) is 21.2 Å². The van der Waals surface area contributed by atoms with E-state index in [4.69, 9.17) is 11.6 Å². The van der Waals surface area contributed by atoms with Crippen LogP contribution in [0.4, 0.5) is 10.8 Å². The molecule has 1 aliphatic heterocycles. The van der Waals surface area contributed by atoms with Gasteiger partial charge in [0.2, 0.25) is 5.91 Å². The van der Waals surface area contributed by atoms with Crippen LogP contribution in [0, 0.1) is 6.92 Å². The van der Waals surface area contributed by atoms with Gasteiger partial charge in [-0.1, -0.05) is 35.4 Å². The Balaban J connectivity index is 1.27. The van der Waals surface area contributed by atoms with Gasteiger partial charge in [-0.3, -0.25) is 9.52 Å². The number of aryl methyl sites for hydroxylation is 2. The van der Waals surface area contributed by atoms with Crippen LogP contribution in [-0.4, -0.2) is 50.4 Å². The number of benzene rings is 2. The number of nitrogens with zero attached hydrogens (tertiary/aromatic N) is 3. The number of anilines is 2.